The maximum absolute atomic E-state index is 11.6. The predicted molar refractivity (Wildman–Crippen MR) is 73.5 cm³/mol. The molecule has 1 aromatic rings. The summed E-state index contributed by atoms with van der Waals surface area (Å²) in [5.41, 5.74) is 4.86. The average molecular weight is 289 g/mol. The van der Waals surface area contributed by atoms with Gasteiger partial charge in [0.2, 0.25) is 0 Å². The van der Waals surface area contributed by atoms with Gasteiger partial charge in [0.15, 0.2) is 5.82 Å². The zero-order valence-electron chi connectivity index (χ0n) is 11.2. The number of rotatable bonds is 7. The molecule has 0 aliphatic rings. The van der Waals surface area contributed by atoms with Crippen molar-refractivity contribution in [3.05, 3.63) is 5.56 Å². The first kappa shape index (κ1) is 15.7. The minimum Gasteiger partial charge on any atom is -0.465 e. The molecule has 0 aliphatic carbocycles. The zero-order chi connectivity index (χ0) is 14.5. The van der Waals surface area contributed by atoms with E-state index in [1.807, 2.05) is 0 Å². The highest BCUT2D eigenvalue weighted by molar-refractivity contribution is 7.11. The van der Waals surface area contributed by atoms with Gasteiger partial charge in [0.05, 0.1) is 12.7 Å². The van der Waals surface area contributed by atoms with Crippen LogP contribution >= 0.6 is 11.5 Å². The number of carbonyl (C=O) groups is 1. The summed E-state index contributed by atoms with van der Waals surface area (Å²) in [6.07, 6.45) is 0.471. The Morgan fingerprint density at radius 2 is 2.26 bits per heavy atom. The van der Waals surface area contributed by atoms with Crippen LogP contribution in [0.1, 0.15) is 23.7 Å². The number of anilines is 2. The first-order valence-electron chi connectivity index (χ1n) is 5.70. The normalized spacial score (nSPS) is 13.9. The molecular formula is C11H19N3O4S. The molecule has 0 fully saturated rings. The van der Waals surface area contributed by atoms with Crippen LogP contribution in [-0.4, -0.2) is 48.4 Å². The Hall–Kier alpha value is -1.38. The van der Waals surface area contributed by atoms with Crippen LogP contribution < -0.4 is 11.1 Å². The number of aliphatic hydroxyl groups is 1. The molecule has 4 N–H and O–H groups in total. The number of nitrogens with one attached hydrogen (secondary N) is 1. The lowest BCUT2D eigenvalue weighted by Gasteiger charge is -2.23. The molecule has 0 aromatic carbocycles. The first-order valence-corrected chi connectivity index (χ1v) is 6.47. The van der Waals surface area contributed by atoms with E-state index in [9.17, 15) is 9.90 Å². The fourth-order valence-corrected chi connectivity index (χ4v) is 2.10. The third-order valence-corrected chi connectivity index (χ3v) is 3.40. The molecule has 1 heterocycles. The SMILES string of the molecule is COCCC(C)(O)CNc1snc(N)c1C(=O)OC. The quantitative estimate of drug-likeness (QED) is 0.635. The molecule has 0 spiro atoms. The number of esters is 1. The Morgan fingerprint density at radius 1 is 1.58 bits per heavy atom. The third kappa shape index (κ3) is 4.34. The van der Waals surface area contributed by atoms with Crippen molar-refractivity contribution >= 4 is 28.3 Å². The van der Waals surface area contributed by atoms with Crippen LogP contribution in [0.2, 0.25) is 0 Å². The summed E-state index contributed by atoms with van der Waals surface area (Å²) in [5, 5.41) is 13.6. The van der Waals surface area contributed by atoms with Gasteiger partial charge in [0, 0.05) is 26.7 Å². The Kier molecular flexibility index (Phi) is 5.52. The molecule has 108 valence electrons. The largest absolute Gasteiger partial charge is 0.465 e. The van der Waals surface area contributed by atoms with Crippen LogP contribution in [0.3, 0.4) is 0 Å². The van der Waals surface area contributed by atoms with Gasteiger partial charge < -0.3 is 25.6 Å². The lowest BCUT2D eigenvalue weighted by atomic mass is 10.0. The van der Waals surface area contributed by atoms with Gasteiger partial charge in [-0.3, -0.25) is 0 Å². The number of ether oxygens (including phenoxy) is 2. The number of nitrogens with zero attached hydrogens (tertiary/aromatic N) is 1. The van der Waals surface area contributed by atoms with E-state index >= 15 is 0 Å². The summed E-state index contributed by atoms with van der Waals surface area (Å²) in [6.45, 7) is 2.38. The predicted octanol–water partition coefficient (Wildman–Crippen LogP) is 0.711. The van der Waals surface area contributed by atoms with Gasteiger partial charge in [-0.15, -0.1) is 0 Å². The van der Waals surface area contributed by atoms with Crippen LogP contribution in [0.25, 0.3) is 0 Å². The van der Waals surface area contributed by atoms with Crippen molar-refractivity contribution in [2.24, 2.45) is 0 Å². The van der Waals surface area contributed by atoms with E-state index in [2.05, 4.69) is 14.4 Å². The Morgan fingerprint density at radius 3 is 2.84 bits per heavy atom. The molecule has 0 bridgehead atoms. The van der Waals surface area contributed by atoms with E-state index < -0.39 is 11.6 Å². The standard InChI is InChI=1S/C11H19N3O4S/c1-11(16,4-5-17-2)6-13-9-7(10(15)18-3)8(12)14-19-9/h13,16H,4-6H2,1-3H3,(H2,12,14). The monoisotopic (exact) mass is 289 g/mol. The third-order valence-electron chi connectivity index (χ3n) is 2.58. The highest BCUT2D eigenvalue weighted by Crippen LogP contribution is 2.28. The number of hydrogen-bond acceptors (Lipinski definition) is 8. The van der Waals surface area contributed by atoms with Crippen molar-refractivity contribution in [3.8, 4) is 0 Å². The molecule has 1 aromatic heterocycles. The second-order valence-electron chi connectivity index (χ2n) is 4.36. The smallest absolute Gasteiger partial charge is 0.344 e. The van der Waals surface area contributed by atoms with E-state index in [0.717, 1.165) is 11.5 Å². The lowest BCUT2D eigenvalue weighted by Crippen LogP contribution is -2.34. The molecule has 0 aliphatic heterocycles. The van der Waals surface area contributed by atoms with Gasteiger partial charge in [-0.1, -0.05) is 0 Å². The maximum Gasteiger partial charge on any atom is 0.344 e. The van der Waals surface area contributed by atoms with Crippen molar-refractivity contribution in [2.75, 3.05) is 38.4 Å². The van der Waals surface area contributed by atoms with Gasteiger partial charge in [-0.2, -0.15) is 4.37 Å². The summed E-state index contributed by atoms with van der Waals surface area (Å²) in [7, 11) is 2.85. The molecular weight excluding hydrogens is 270 g/mol. The van der Waals surface area contributed by atoms with Crippen LogP contribution in [0.5, 0.6) is 0 Å². The molecule has 0 saturated carbocycles. The Labute approximate surface area is 115 Å². The molecule has 8 heteroatoms. The maximum atomic E-state index is 11.6. The van der Waals surface area contributed by atoms with Crippen molar-refractivity contribution < 1.29 is 19.4 Å². The summed E-state index contributed by atoms with van der Waals surface area (Å²) in [6, 6.07) is 0. The summed E-state index contributed by atoms with van der Waals surface area (Å²) < 4.78 is 13.5. The van der Waals surface area contributed by atoms with Crippen LogP contribution in [-0.2, 0) is 9.47 Å². The van der Waals surface area contributed by atoms with E-state index in [1.54, 1.807) is 14.0 Å². The average Bonchev–Trinajstić information content (AvgIpc) is 2.74. The summed E-state index contributed by atoms with van der Waals surface area (Å²) in [5.74, 6) is -0.429. The molecule has 1 unspecified atom stereocenters. The van der Waals surface area contributed by atoms with Crippen molar-refractivity contribution in [1.82, 2.24) is 4.37 Å². The van der Waals surface area contributed by atoms with Crippen LogP contribution in [0, 0.1) is 0 Å². The molecule has 0 radical (unpaired) electrons. The van der Waals surface area contributed by atoms with Gasteiger partial charge in [0.25, 0.3) is 0 Å². The number of hydrogen-bond donors (Lipinski definition) is 3. The highest BCUT2D eigenvalue weighted by atomic mass is 32.1. The molecule has 0 saturated heterocycles. The highest BCUT2D eigenvalue weighted by Gasteiger charge is 2.24. The van der Waals surface area contributed by atoms with Gasteiger partial charge >= 0.3 is 5.97 Å². The fourth-order valence-electron chi connectivity index (χ4n) is 1.40. The van der Waals surface area contributed by atoms with Crippen LogP contribution in [0.15, 0.2) is 0 Å². The van der Waals surface area contributed by atoms with E-state index in [0.29, 0.717) is 18.0 Å². The fraction of sp³-hybridized carbons (Fsp3) is 0.636. The molecule has 19 heavy (non-hydrogen) atoms. The number of aromatic nitrogens is 1. The molecule has 1 rings (SSSR count). The summed E-state index contributed by atoms with van der Waals surface area (Å²) in [4.78, 5) is 11.6. The van der Waals surface area contributed by atoms with Crippen molar-refractivity contribution in [2.45, 2.75) is 18.9 Å². The van der Waals surface area contributed by atoms with E-state index in [-0.39, 0.29) is 17.9 Å². The van der Waals surface area contributed by atoms with Crippen molar-refractivity contribution in [1.29, 1.82) is 0 Å². The van der Waals surface area contributed by atoms with E-state index in [4.69, 9.17) is 10.5 Å². The molecule has 0 amide bonds. The second kappa shape index (κ2) is 6.69. The number of methoxy groups -OCH3 is 2. The van der Waals surface area contributed by atoms with Gasteiger partial charge in [0.1, 0.15) is 10.6 Å². The summed E-state index contributed by atoms with van der Waals surface area (Å²) >= 11 is 1.06. The second-order valence-corrected chi connectivity index (χ2v) is 5.13. The Bertz CT molecular complexity index is 434. The number of carbonyl (C=O) groups excluding carboxylic acids is 1. The molecule has 7 nitrogen and oxygen atoms in total. The zero-order valence-corrected chi connectivity index (χ0v) is 12.0. The number of nitrogens with two attached hydrogens (primary N) is 1. The van der Waals surface area contributed by atoms with Crippen molar-refractivity contribution in [3.63, 3.8) is 0 Å². The topological polar surface area (TPSA) is 107 Å². The minimum atomic E-state index is -0.956. The van der Waals surface area contributed by atoms with Crippen LogP contribution in [0.4, 0.5) is 10.8 Å². The minimum absolute atomic E-state index is 0.121. The Balaban J connectivity index is 2.70. The van der Waals surface area contributed by atoms with Gasteiger partial charge in [-0.05, 0) is 18.5 Å². The van der Waals surface area contributed by atoms with E-state index in [1.165, 1.54) is 7.11 Å². The van der Waals surface area contributed by atoms with Gasteiger partial charge in [-0.25, -0.2) is 4.79 Å². The lowest BCUT2D eigenvalue weighted by molar-refractivity contribution is 0.0357. The molecule has 1 atom stereocenters. The first-order chi connectivity index (χ1) is 8.91. The number of nitrogen functional groups attached to an aromatic ring is 1.